The molecule has 0 aliphatic carbocycles. The van der Waals surface area contributed by atoms with Crippen LogP contribution in [0.25, 0.3) is 11.4 Å². The van der Waals surface area contributed by atoms with Crippen LogP contribution in [-0.2, 0) is 9.59 Å². The summed E-state index contributed by atoms with van der Waals surface area (Å²) in [5, 5.41) is 3.06. The summed E-state index contributed by atoms with van der Waals surface area (Å²) in [6.07, 6.45) is 6.57. The molecule has 2 amide bonds. The van der Waals surface area contributed by atoms with Crippen LogP contribution in [0.4, 0.5) is 0 Å². The van der Waals surface area contributed by atoms with E-state index in [2.05, 4.69) is 10.3 Å². The van der Waals surface area contributed by atoms with Gasteiger partial charge in [0.25, 0.3) is 0 Å². The number of aryl methyl sites for hydroxylation is 1. The van der Waals surface area contributed by atoms with Crippen molar-refractivity contribution >= 4 is 40.4 Å². The van der Waals surface area contributed by atoms with Crippen LogP contribution in [-0.4, -0.2) is 56.2 Å². The minimum Gasteiger partial charge on any atom is -0.495 e. The maximum absolute atomic E-state index is 12.5. The largest absolute Gasteiger partial charge is 0.495 e. The van der Waals surface area contributed by atoms with E-state index in [1.807, 2.05) is 58.8 Å². The van der Waals surface area contributed by atoms with Crippen LogP contribution in [0.1, 0.15) is 24.1 Å². The first-order valence-corrected chi connectivity index (χ1v) is 11.2. The lowest BCUT2D eigenvalue weighted by Crippen LogP contribution is -2.44. The van der Waals surface area contributed by atoms with Crippen LogP contribution in [0.3, 0.4) is 0 Å². The zero-order chi connectivity index (χ0) is 23.3. The molecule has 0 bridgehead atoms. The van der Waals surface area contributed by atoms with Crippen molar-refractivity contribution in [2.75, 3.05) is 26.7 Å². The zero-order valence-electron chi connectivity index (χ0n) is 18.1. The summed E-state index contributed by atoms with van der Waals surface area (Å²) in [4.78, 5) is 29.8. The maximum atomic E-state index is 12.5. The number of nitrogens with one attached hydrogen (secondary N) is 1. The normalized spacial score (nSPS) is 14.9. The molecule has 1 fully saturated rings. The molecule has 1 aliphatic heterocycles. The highest BCUT2D eigenvalue weighted by Gasteiger charge is 2.25. The van der Waals surface area contributed by atoms with Gasteiger partial charge < -0.3 is 25.3 Å². The molecule has 1 aromatic carbocycles. The molecule has 172 valence electrons. The van der Waals surface area contributed by atoms with Gasteiger partial charge in [0.05, 0.1) is 59.9 Å². The number of primary amides is 1. The molecule has 1 aliphatic rings. The minimum atomic E-state index is -0.294. The van der Waals surface area contributed by atoms with E-state index < -0.39 is 0 Å². The second kappa shape index (κ2) is 10.7. The third-order valence-electron chi connectivity index (χ3n) is 5.44. The lowest BCUT2D eigenvalue weighted by atomic mass is 9.96. The number of halogens is 1. The van der Waals surface area contributed by atoms with Crippen molar-refractivity contribution in [3.05, 3.63) is 48.2 Å². The molecular weight excluding hydrogens is 525 g/mol. The minimum absolute atomic E-state index is 0.0380. The van der Waals surface area contributed by atoms with E-state index in [9.17, 15) is 9.59 Å². The molecular formula is C21H28IN7O3. The predicted molar refractivity (Wildman–Crippen MR) is 129 cm³/mol. The van der Waals surface area contributed by atoms with E-state index in [0.29, 0.717) is 37.4 Å². The van der Waals surface area contributed by atoms with Gasteiger partial charge >= 0.3 is 0 Å². The quantitative estimate of drug-likeness (QED) is 0.195. The number of ether oxygens (including phenoxy) is 1. The van der Waals surface area contributed by atoms with E-state index >= 15 is 0 Å². The molecule has 32 heavy (non-hydrogen) atoms. The van der Waals surface area contributed by atoms with Gasteiger partial charge in [0.1, 0.15) is 5.75 Å². The Morgan fingerprint density at radius 3 is 2.66 bits per heavy atom. The number of hydrogen-bond acceptors (Lipinski definition) is 7. The van der Waals surface area contributed by atoms with Crippen LogP contribution in [0.15, 0.2) is 36.9 Å². The predicted octanol–water partition coefficient (Wildman–Crippen LogP) is 1.33. The Bertz CT molecular complexity index is 997. The summed E-state index contributed by atoms with van der Waals surface area (Å²) in [5.41, 5.74) is 8.62. The van der Waals surface area contributed by atoms with Crippen molar-refractivity contribution in [1.29, 1.82) is 0 Å². The number of likely N-dealkylation sites (tertiary alicyclic amines) is 1. The molecule has 0 spiro atoms. The van der Waals surface area contributed by atoms with Gasteiger partial charge in [-0.05, 0) is 31.9 Å². The molecule has 5 N–H and O–H groups in total. The van der Waals surface area contributed by atoms with Gasteiger partial charge in [-0.15, -0.1) is 0 Å². The lowest BCUT2D eigenvalue weighted by Gasteiger charge is -2.30. The molecule has 10 nitrogen and oxygen atoms in total. The average molecular weight is 553 g/mol. The summed E-state index contributed by atoms with van der Waals surface area (Å²) in [6.45, 7) is 3.12. The smallest absolute Gasteiger partial charge is 0.241 e. The number of nitrogens with zero attached hydrogens (tertiary/aromatic N) is 4. The highest BCUT2D eigenvalue weighted by atomic mass is 127. The Morgan fingerprint density at radius 2 is 2.09 bits per heavy atom. The second-order valence-corrected chi connectivity index (χ2v) is 8.63. The molecule has 11 heteroatoms. The van der Waals surface area contributed by atoms with Crippen molar-refractivity contribution < 1.29 is 14.3 Å². The van der Waals surface area contributed by atoms with Crippen molar-refractivity contribution in [2.24, 2.45) is 17.5 Å². The topological polar surface area (TPSA) is 132 Å². The highest BCUT2D eigenvalue weighted by Crippen LogP contribution is 2.29. The Labute approximate surface area is 201 Å². The van der Waals surface area contributed by atoms with Crippen molar-refractivity contribution in [1.82, 2.24) is 23.0 Å². The summed E-state index contributed by atoms with van der Waals surface area (Å²) >= 11 is 1.97. The molecule has 0 radical (unpaired) electrons. The molecule has 2 aromatic rings. The van der Waals surface area contributed by atoms with E-state index in [-0.39, 0.29) is 24.3 Å². The van der Waals surface area contributed by atoms with E-state index in [0.717, 1.165) is 16.9 Å². The van der Waals surface area contributed by atoms with Gasteiger partial charge in [0.15, 0.2) is 0 Å². The van der Waals surface area contributed by atoms with Crippen LogP contribution < -0.4 is 21.6 Å². The summed E-state index contributed by atoms with van der Waals surface area (Å²) in [7, 11) is 1.61. The number of rotatable bonds is 8. The van der Waals surface area contributed by atoms with E-state index in [4.69, 9.17) is 16.3 Å². The number of carbonyl (C=O) groups excluding carboxylic acids is 2. The van der Waals surface area contributed by atoms with Gasteiger partial charge in [0.2, 0.25) is 11.8 Å². The number of aromatic nitrogens is 2. The first kappa shape index (κ1) is 23.9. The second-order valence-electron chi connectivity index (χ2n) is 7.59. The lowest BCUT2D eigenvalue weighted by molar-refractivity contribution is -0.133. The standard InChI is InChI=1S/C21H28IN7O3/c1-14-12-28(13-26-14)17-4-3-16(9-19(17)32-2)18(29(22)24)10-25-11-20(30)27-7-5-15(6-8-27)21(23)31/h3-4,9-10,12-13,15,25H,5-8,11,24H2,1-2H3,(H2,23,31)/b18-10-. The molecule has 2 heterocycles. The molecule has 1 saturated heterocycles. The van der Waals surface area contributed by atoms with Gasteiger partial charge in [-0.3, -0.25) is 9.59 Å². The Hall–Kier alpha value is -2.80. The summed E-state index contributed by atoms with van der Waals surface area (Å²) in [6, 6.07) is 5.74. The number of benzene rings is 1. The fourth-order valence-electron chi connectivity index (χ4n) is 3.63. The SMILES string of the molecule is COc1cc(/C(=C/NCC(=O)N2CCC(C(N)=O)CC2)N(N)I)ccc1-n1cnc(C)c1. The third kappa shape index (κ3) is 5.71. The average Bonchev–Trinajstić information content (AvgIpc) is 3.22. The Morgan fingerprint density at radius 1 is 1.38 bits per heavy atom. The molecule has 0 atom stereocenters. The molecule has 1 aromatic heterocycles. The number of hydrazine groups is 1. The van der Waals surface area contributed by atoms with Crippen molar-refractivity contribution in [2.45, 2.75) is 19.8 Å². The van der Waals surface area contributed by atoms with Gasteiger partial charge in [-0.25, -0.2) is 14.0 Å². The molecule has 0 unspecified atom stereocenters. The van der Waals surface area contributed by atoms with E-state index in [1.54, 1.807) is 24.5 Å². The van der Waals surface area contributed by atoms with Crippen LogP contribution in [0, 0.1) is 12.8 Å². The van der Waals surface area contributed by atoms with Crippen LogP contribution in [0.2, 0.25) is 0 Å². The van der Waals surface area contributed by atoms with Crippen LogP contribution >= 0.6 is 22.9 Å². The first-order valence-electron chi connectivity index (χ1n) is 10.2. The zero-order valence-corrected chi connectivity index (χ0v) is 20.3. The first-order chi connectivity index (χ1) is 15.3. The van der Waals surface area contributed by atoms with E-state index in [1.165, 1.54) is 3.22 Å². The summed E-state index contributed by atoms with van der Waals surface area (Å²) in [5.74, 6) is 6.22. The maximum Gasteiger partial charge on any atom is 0.241 e. The number of amides is 2. The van der Waals surface area contributed by atoms with Crippen molar-refractivity contribution in [3.8, 4) is 11.4 Å². The Balaban J connectivity index is 1.68. The monoisotopic (exact) mass is 553 g/mol. The fraction of sp³-hybridized carbons (Fsp3) is 0.381. The van der Waals surface area contributed by atoms with Gasteiger partial charge in [0, 0.05) is 37.0 Å². The third-order valence-corrected chi connectivity index (χ3v) is 5.96. The fourth-order valence-corrected chi connectivity index (χ4v) is 4.05. The number of carbonyl (C=O) groups is 2. The number of piperidine rings is 1. The molecule has 0 saturated carbocycles. The Kier molecular flexibility index (Phi) is 7.96. The highest BCUT2D eigenvalue weighted by molar-refractivity contribution is 14.1. The van der Waals surface area contributed by atoms with Gasteiger partial charge in [-0.1, -0.05) is 6.07 Å². The van der Waals surface area contributed by atoms with Crippen LogP contribution in [0.5, 0.6) is 5.75 Å². The summed E-state index contributed by atoms with van der Waals surface area (Å²) < 4.78 is 8.92. The van der Waals surface area contributed by atoms with Gasteiger partial charge in [-0.2, -0.15) is 0 Å². The number of nitrogens with two attached hydrogens (primary N) is 2. The van der Waals surface area contributed by atoms with Crippen molar-refractivity contribution in [3.63, 3.8) is 0 Å². The number of hydrogen-bond donors (Lipinski definition) is 3. The number of imidazole rings is 1. The number of methoxy groups -OCH3 is 1. The molecule has 3 rings (SSSR count).